The molecular formula is C17H25N7O3. The molecule has 0 atom stereocenters. The highest BCUT2D eigenvalue weighted by Crippen LogP contribution is 2.22. The molecule has 10 heteroatoms. The Morgan fingerprint density at radius 2 is 1.96 bits per heavy atom. The van der Waals surface area contributed by atoms with Crippen LogP contribution in [-0.2, 0) is 24.9 Å². The molecule has 0 aliphatic carbocycles. The average molecular weight is 375 g/mol. The second-order valence-corrected chi connectivity index (χ2v) is 6.93. The van der Waals surface area contributed by atoms with Gasteiger partial charge in [0.05, 0.1) is 17.7 Å². The van der Waals surface area contributed by atoms with E-state index < -0.39 is 4.92 Å². The Kier molecular flexibility index (Phi) is 5.54. The number of carbonyl (C=O) groups is 1. The predicted molar refractivity (Wildman–Crippen MR) is 98.0 cm³/mol. The van der Waals surface area contributed by atoms with Crippen molar-refractivity contribution in [2.24, 2.45) is 7.05 Å². The summed E-state index contributed by atoms with van der Waals surface area (Å²) in [6, 6.07) is 0. The van der Waals surface area contributed by atoms with Gasteiger partial charge in [-0.3, -0.25) is 29.2 Å². The van der Waals surface area contributed by atoms with Gasteiger partial charge in [-0.15, -0.1) is 0 Å². The monoisotopic (exact) mass is 375 g/mol. The van der Waals surface area contributed by atoms with Crippen molar-refractivity contribution in [3.8, 4) is 0 Å². The highest BCUT2D eigenvalue weighted by molar-refractivity contribution is 5.76. The molecule has 0 unspecified atom stereocenters. The third-order valence-electron chi connectivity index (χ3n) is 4.95. The van der Waals surface area contributed by atoms with Gasteiger partial charge in [0, 0.05) is 58.0 Å². The van der Waals surface area contributed by atoms with Crippen molar-refractivity contribution < 1.29 is 9.72 Å². The Bertz CT molecular complexity index is 834. The molecule has 1 aliphatic heterocycles. The molecule has 2 aromatic rings. The van der Waals surface area contributed by atoms with Gasteiger partial charge in [0.1, 0.15) is 11.4 Å². The number of nitro groups is 1. The normalized spacial score (nSPS) is 15.3. The van der Waals surface area contributed by atoms with Crippen LogP contribution in [0.4, 0.5) is 5.69 Å². The summed E-state index contributed by atoms with van der Waals surface area (Å²) in [5.41, 5.74) is 2.08. The van der Waals surface area contributed by atoms with Crippen LogP contribution in [0, 0.1) is 24.0 Å². The molecule has 0 saturated carbocycles. The molecule has 3 heterocycles. The molecule has 2 aromatic heterocycles. The zero-order valence-corrected chi connectivity index (χ0v) is 16.0. The maximum absolute atomic E-state index is 12.5. The lowest BCUT2D eigenvalue weighted by molar-refractivity contribution is -0.386. The number of piperazine rings is 1. The summed E-state index contributed by atoms with van der Waals surface area (Å²) < 4.78 is 3.35. The molecule has 27 heavy (non-hydrogen) atoms. The van der Waals surface area contributed by atoms with Crippen LogP contribution in [0.15, 0.2) is 12.4 Å². The number of rotatable bonds is 6. The van der Waals surface area contributed by atoms with Gasteiger partial charge in [-0.1, -0.05) is 0 Å². The van der Waals surface area contributed by atoms with Gasteiger partial charge >= 0.3 is 5.69 Å². The molecule has 1 aliphatic rings. The number of nitrogens with zero attached hydrogens (tertiary/aromatic N) is 7. The minimum Gasteiger partial charge on any atom is -0.340 e. The summed E-state index contributed by atoms with van der Waals surface area (Å²) in [5, 5.41) is 19.4. The number of amides is 1. The first kappa shape index (κ1) is 19.0. The van der Waals surface area contributed by atoms with Gasteiger partial charge in [-0.25, -0.2) is 0 Å². The van der Waals surface area contributed by atoms with Gasteiger partial charge in [0.2, 0.25) is 5.91 Å². The smallest absolute Gasteiger partial charge is 0.312 e. The molecular weight excluding hydrogens is 350 g/mol. The minimum atomic E-state index is -0.419. The molecule has 0 aromatic carbocycles. The van der Waals surface area contributed by atoms with Gasteiger partial charge in [-0.05, 0) is 13.8 Å². The first-order chi connectivity index (χ1) is 12.8. The second kappa shape index (κ2) is 7.87. The van der Waals surface area contributed by atoms with Gasteiger partial charge in [0.25, 0.3) is 0 Å². The van der Waals surface area contributed by atoms with E-state index in [1.807, 2.05) is 24.3 Å². The number of aromatic nitrogens is 4. The van der Waals surface area contributed by atoms with Crippen LogP contribution in [0.3, 0.4) is 0 Å². The molecule has 1 saturated heterocycles. The van der Waals surface area contributed by atoms with Crippen LogP contribution < -0.4 is 0 Å². The topological polar surface area (TPSA) is 102 Å². The summed E-state index contributed by atoms with van der Waals surface area (Å²) >= 11 is 0. The maximum Gasteiger partial charge on any atom is 0.312 e. The Morgan fingerprint density at radius 3 is 2.52 bits per heavy atom. The summed E-state index contributed by atoms with van der Waals surface area (Å²) in [7, 11) is 1.90. The summed E-state index contributed by atoms with van der Waals surface area (Å²) in [4.78, 5) is 27.3. The van der Waals surface area contributed by atoms with Crippen molar-refractivity contribution in [2.75, 3.05) is 26.2 Å². The third-order valence-corrected chi connectivity index (χ3v) is 4.95. The SMILES string of the molecule is Cc1nn(CCC(=O)N2CCN(Cc3cnn(C)c3)CC2)c(C)c1[N+](=O)[O-]. The maximum atomic E-state index is 12.5. The Hall–Kier alpha value is -2.75. The molecule has 10 nitrogen and oxygen atoms in total. The lowest BCUT2D eigenvalue weighted by Gasteiger charge is -2.34. The van der Waals surface area contributed by atoms with Crippen LogP contribution in [0.2, 0.25) is 0 Å². The summed E-state index contributed by atoms with van der Waals surface area (Å²) in [5.74, 6) is 0.0613. The van der Waals surface area contributed by atoms with Crippen molar-refractivity contribution in [2.45, 2.75) is 33.4 Å². The number of hydrogen-bond acceptors (Lipinski definition) is 6. The fourth-order valence-electron chi connectivity index (χ4n) is 3.50. The standard InChI is InChI=1S/C17H25N7O3/c1-13-17(24(26)27)14(2)23(19-13)5-4-16(25)22-8-6-21(7-9-22)12-15-10-18-20(3)11-15/h10-11H,4-9,12H2,1-3H3. The Morgan fingerprint density at radius 1 is 1.26 bits per heavy atom. The lowest BCUT2D eigenvalue weighted by atomic mass is 10.2. The second-order valence-electron chi connectivity index (χ2n) is 6.93. The fraction of sp³-hybridized carbons (Fsp3) is 0.588. The highest BCUT2D eigenvalue weighted by Gasteiger charge is 2.24. The van der Waals surface area contributed by atoms with Crippen LogP contribution in [-0.4, -0.2) is 66.4 Å². The number of aryl methyl sites for hydroxylation is 3. The van der Waals surface area contributed by atoms with Crippen molar-refractivity contribution >= 4 is 11.6 Å². The quantitative estimate of drug-likeness (QED) is 0.548. The first-order valence-corrected chi connectivity index (χ1v) is 9.01. The molecule has 0 radical (unpaired) electrons. The fourth-order valence-corrected chi connectivity index (χ4v) is 3.50. The molecule has 3 rings (SSSR count). The van der Waals surface area contributed by atoms with Gasteiger partial charge in [-0.2, -0.15) is 10.2 Å². The van der Waals surface area contributed by atoms with E-state index in [0.29, 0.717) is 37.4 Å². The van der Waals surface area contributed by atoms with Crippen LogP contribution in [0.5, 0.6) is 0 Å². The van der Waals surface area contributed by atoms with E-state index in [-0.39, 0.29) is 11.6 Å². The zero-order chi connectivity index (χ0) is 19.6. The molecule has 0 N–H and O–H groups in total. The van der Waals surface area contributed by atoms with E-state index in [9.17, 15) is 14.9 Å². The van der Waals surface area contributed by atoms with E-state index in [4.69, 9.17) is 0 Å². The van der Waals surface area contributed by atoms with E-state index in [1.54, 1.807) is 23.2 Å². The Balaban J connectivity index is 1.48. The van der Waals surface area contributed by atoms with Gasteiger partial charge in [0.15, 0.2) is 0 Å². The molecule has 0 spiro atoms. The van der Waals surface area contributed by atoms with Crippen LogP contribution in [0.25, 0.3) is 0 Å². The van der Waals surface area contributed by atoms with E-state index in [0.717, 1.165) is 19.6 Å². The van der Waals surface area contributed by atoms with E-state index in [2.05, 4.69) is 15.1 Å². The third kappa shape index (κ3) is 4.33. The molecule has 0 bridgehead atoms. The van der Waals surface area contributed by atoms with E-state index in [1.165, 1.54) is 5.56 Å². The lowest BCUT2D eigenvalue weighted by Crippen LogP contribution is -2.48. The Labute approximate surface area is 157 Å². The van der Waals surface area contributed by atoms with Crippen LogP contribution in [0.1, 0.15) is 23.4 Å². The van der Waals surface area contributed by atoms with Crippen molar-refractivity contribution in [3.05, 3.63) is 39.5 Å². The predicted octanol–water partition coefficient (Wildman–Crippen LogP) is 0.876. The zero-order valence-electron chi connectivity index (χ0n) is 16.0. The summed E-state index contributed by atoms with van der Waals surface area (Å²) in [6.07, 6.45) is 4.16. The largest absolute Gasteiger partial charge is 0.340 e. The van der Waals surface area contributed by atoms with Crippen molar-refractivity contribution in [1.29, 1.82) is 0 Å². The molecule has 1 fully saturated rings. The number of carbonyl (C=O) groups excluding carboxylic acids is 1. The molecule has 146 valence electrons. The molecule has 1 amide bonds. The minimum absolute atomic E-state index is 0.0338. The highest BCUT2D eigenvalue weighted by atomic mass is 16.6. The first-order valence-electron chi connectivity index (χ1n) is 9.01. The average Bonchev–Trinajstić information content (AvgIpc) is 3.15. The summed E-state index contributed by atoms with van der Waals surface area (Å²) in [6.45, 7) is 7.51. The van der Waals surface area contributed by atoms with E-state index >= 15 is 0 Å². The van der Waals surface area contributed by atoms with Crippen molar-refractivity contribution in [3.63, 3.8) is 0 Å². The van der Waals surface area contributed by atoms with Crippen LogP contribution >= 0.6 is 0 Å². The number of hydrogen-bond donors (Lipinski definition) is 0. The van der Waals surface area contributed by atoms with Crippen molar-refractivity contribution in [1.82, 2.24) is 29.4 Å². The van der Waals surface area contributed by atoms with Gasteiger partial charge < -0.3 is 4.90 Å².